The van der Waals surface area contributed by atoms with E-state index in [4.69, 9.17) is 4.74 Å². The molecule has 1 unspecified atom stereocenters. The van der Waals surface area contributed by atoms with Gasteiger partial charge in [0.2, 0.25) is 5.60 Å². The van der Waals surface area contributed by atoms with Gasteiger partial charge < -0.3 is 14.7 Å². The Balaban J connectivity index is 0.00000243. The van der Waals surface area contributed by atoms with Gasteiger partial charge in [-0.3, -0.25) is 9.69 Å². The molecule has 1 atom stereocenters. The van der Waals surface area contributed by atoms with Gasteiger partial charge in [0.05, 0.1) is 18.1 Å². The summed E-state index contributed by atoms with van der Waals surface area (Å²) in [4.78, 5) is 17.7. The van der Waals surface area contributed by atoms with Crippen molar-refractivity contribution >= 4 is 29.7 Å². The normalized spacial score (nSPS) is 17.2. The zero-order chi connectivity index (χ0) is 17.7. The van der Waals surface area contributed by atoms with E-state index in [1.165, 1.54) is 11.3 Å². The van der Waals surface area contributed by atoms with Crippen LogP contribution in [0.5, 0.6) is 0 Å². The number of likely N-dealkylation sites (N-methyl/N-ethyl adjacent to an activating group) is 1. The van der Waals surface area contributed by atoms with Gasteiger partial charge >= 0.3 is 0 Å². The second-order valence-electron chi connectivity index (χ2n) is 6.23. The fraction of sp³-hybridized carbons (Fsp3) is 0.421. The molecule has 2 aromatic rings. The van der Waals surface area contributed by atoms with E-state index in [1.807, 2.05) is 35.7 Å². The molecule has 1 aromatic heterocycles. The minimum absolute atomic E-state index is 0. The highest BCUT2D eigenvalue weighted by molar-refractivity contribution is 7.10. The molecule has 0 saturated carbocycles. The van der Waals surface area contributed by atoms with Crippen molar-refractivity contribution in [3.8, 4) is 0 Å². The lowest BCUT2D eigenvalue weighted by molar-refractivity contribution is -0.146. The van der Waals surface area contributed by atoms with Gasteiger partial charge in [0.15, 0.2) is 0 Å². The van der Waals surface area contributed by atoms with E-state index < -0.39 is 5.60 Å². The molecule has 1 aromatic carbocycles. The summed E-state index contributed by atoms with van der Waals surface area (Å²) >= 11 is 1.39. The number of benzene rings is 1. The molecule has 0 radical (unpaired) electrons. The van der Waals surface area contributed by atoms with Gasteiger partial charge in [-0.1, -0.05) is 36.4 Å². The van der Waals surface area contributed by atoms with Crippen molar-refractivity contribution in [2.75, 3.05) is 46.4 Å². The Morgan fingerprint density at radius 3 is 2.54 bits per heavy atom. The van der Waals surface area contributed by atoms with E-state index in [1.54, 1.807) is 24.1 Å². The van der Waals surface area contributed by atoms with Gasteiger partial charge in [0.1, 0.15) is 0 Å². The number of halogens is 1. The highest BCUT2D eigenvalue weighted by Gasteiger charge is 2.42. The number of morpholine rings is 1. The third-order valence-electron chi connectivity index (χ3n) is 4.58. The molecule has 1 fully saturated rings. The highest BCUT2D eigenvalue weighted by Crippen LogP contribution is 2.34. The van der Waals surface area contributed by atoms with Crippen LogP contribution < -0.4 is 0 Å². The third kappa shape index (κ3) is 4.45. The van der Waals surface area contributed by atoms with E-state index in [-0.39, 0.29) is 18.3 Å². The molecule has 2 heterocycles. The van der Waals surface area contributed by atoms with Crippen molar-refractivity contribution in [2.45, 2.75) is 5.60 Å². The Labute approximate surface area is 164 Å². The fourth-order valence-electron chi connectivity index (χ4n) is 3.03. The zero-order valence-electron chi connectivity index (χ0n) is 14.8. The van der Waals surface area contributed by atoms with Crippen LogP contribution in [-0.2, 0) is 15.1 Å². The predicted molar refractivity (Wildman–Crippen MR) is 106 cm³/mol. The number of rotatable bonds is 6. The lowest BCUT2D eigenvalue weighted by Crippen LogP contribution is -2.48. The smallest absolute Gasteiger partial charge is 0.264 e. The van der Waals surface area contributed by atoms with Crippen LogP contribution in [0.3, 0.4) is 0 Å². The number of thiophene rings is 1. The summed E-state index contributed by atoms with van der Waals surface area (Å²) < 4.78 is 5.35. The van der Waals surface area contributed by atoms with Crippen molar-refractivity contribution in [1.82, 2.24) is 9.80 Å². The van der Waals surface area contributed by atoms with E-state index in [2.05, 4.69) is 4.90 Å². The Hall–Kier alpha value is -1.44. The van der Waals surface area contributed by atoms with Gasteiger partial charge in [0.25, 0.3) is 5.91 Å². The van der Waals surface area contributed by atoms with Crippen LogP contribution in [-0.4, -0.2) is 67.3 Å². The summed E-state index contributed by atoms with van der Waals surface area (Å²) in [6, 6.07) is 12.8. The summed E-state index contributed by atoms with van der Waals surface area (Å²) in [5.41, 5.74) is -1.05. The number of amides is 1. The molecule has 142 valence electrons. The third-order valence-corrected chi connectivity index (χ3v) is 5.56. The van der Waals surface area contributed by atoms with Crippen molar-refractivity contribution in [2.24, 2.45) is 0 Å². The molecular formula is C19H25ClN2O3S. The molecule has 5 nitrogen and oxygen atoms in total. The molecule has 1 aliphatic heterocycles. The number of aliphatic hydroxyl groups is 1. The van der Waals surface area contributed by atoms with Gasteiger partial charge in [-0.25, -0.2) is 0 Å². The van der Waals surface area contributed by atoms with Crippen LogP contribution in [0.1, 0.15) is 10.4 Å². The Morgan fingerprint density at radius 2 is 1.92 bits per heavy atom. The maximum Gasteiger partial charge on any atom is 0.264 e. The van der Waals surface area contributed by atoms with Crippen LogP contribution in [0.4, 0.5) is 0 Å². The number of carbonyl (C=O) groups excluding carboxylic acids is 1. The zero-order valence-corrected chi connectivity index (χ0v) is 16.5. The van der Waals surface area contributed by atoms with Crippen LogP contribution in [0, 0.1) is 0 Å². The van der Waals surface area contributed by atoms with Crippen molar-refractivity contribution < 1.29 is 14.6 Å². The van der Waals surface area contributed by atoms with E-state index in [9.17, 15) is 9.90 Å². The van der Waals surface area contributed by atoms with E-state index in [0.29, 0.717) is 17.0 Å². The number of ether oxygens (including phenoxy) is 1. The Morgan fingerprint density at radius 1 is 1.23 bits per heavy atom. The van der Waals surface area contributed by atoms with Crippen LogP contribution in [0.25, 0.3) is 0 Å². The summed E-state index contributed by atoms with van der Waals surface area (Å²) in [6.07, 6.45) is 0. The van der Waals surface area contributed by atoms with E-state index >= 15 is 0 Å². The first-order valence-electron chi connectivity index (χ1n) is 8.50. The number of carbonyl (C=O) groups is 1. The molecular weight excluding hydrogens is 372 g/mol. The summed E-state index contributed by atoms with van der Waals surface area (Å²) in [5.74, 6) is -0.297. The monoisotopic (exact) mass is 396 g/mol. The summed E-state index contributed by atoms with van der Waals surface area (Å²) in [6.45, 7) is 4.59. The first kappa shape index (κ1) is 20.9. The van der Waals surface area contributed by atoms with Crippen molar-refractivity contribution in [3.63, 3.8) is 0 Å². The van der Waals surface area contributed by atoms with Crippen LogP contribution >= 0.6 is 23.7 Å². The second-order valence-corrected chi connectivity index (χ2v) is 7.18. The molecule has 0 bridgehead atoms. The number of hydrogen-bond donors (Lipinski definition) is 1. The second kappa shape index (κ2) is 9.48. The average molecular weight is 397 g/mol. The molecule has 0 aliphatic carbocycles. The quantitative estimate of drug-likeness (QED) is 0.813. The lowest BCUT2D eigenvalue weighted by Gasteiger charge is -2.33. The summed E-state index contributed by atoms with van der Waals surface area (Å²) in [5, 5.41) is 13.3. The predicted octanol–water partition coefficient (Wildman–Crippen LogP) is 2.20. The van der Waals surface area contributed by atoms with Gasteiger partial charge in [-0.05, 0) is 17.0 Å². The fourth-order valence-corrected chi connectivity index (χ4v) is 3.87. The molecule has 1 amide bonds. The molecule has 26 heavy (non-hydrogen) atoms. The van der Waals surface area contributed by atoms with Gasteiger partial charge in [0, 0.05) is 33.2 Å². The first-order valence-corrected chi connectivity index (χ1v) is 9.38. The van der Waals surface area contributed by atoms with Gasteiger partial charge in [-0.15, -0.1) is 23.7 Å². The number of hydrogen-bond acceptors (Lipinski definition) is 5. The molecule has 1 aliphatic rings. The Kier molecular flexibility index (Phi) is 7.61. The first-order chi connectivity index (χ1) is 12.1. The largest absolute Gasteiger partial charge is 0.379 e. The van der Waals surface area contributed by atoms with E-state index in [0.717, 1.165) is 32.8 Å². The standard InChI is InChI=1S/C19H24N2O3S.ClH/c1-20(9-10-21-11-13-24-14-12-21)18(22)19(23,17-8-5-15-25-17)16-6-3-2-4-7-16;/h2-8,15,23H,9-14H2,1H3;1H. The summed E-state index contributed by atoms with van der Waals surface area (Å²) in [7, 11) is 1.75. The molecule has 0 spiro atoms. The topological polar surface area (TPSA) is 53.0 Å². The molecule has 7 heteroatoms. The lowest BCUT2D eigenvalue weighted by atomic mass is 9.90. The maximum absolute atomic E-state index is 13.2. The molecule has 1 saturated heterocycles. The maximum atomic E-state index is 13.2. The van der Waals surface area contributed by atoms with Crippen molar-refractivity contribution in [3.05, 3.63) is 58.3 Å². The molecule has 3 rings (SSSR count). The minimum atomic E-state index is -1.64. The van der Waals surface area contributed by atoms with Gasteiger partial charge in [-0.2, -0.15) is 0 Å². The van der Waals surface area contributed by atoms with Crippen LogP contribution in [0.15, 0.2) is 47.8 Å². The number of nitrogens with zero attached hydrogens (tertiary/aromatic N) is 2. The van der Waals surface area contributed by atoms with Crippen LogP contribution in [0.2, 0.25) is 0 Å². The van der Waals surface area contributed by atoms with Crippen molar-refractivity contribution in [1.29, 1.82) is 0 Å². The SMILES string of the molecule is CN(CCN1CCOCC1)C(=O)C(O)(c1ccccc1)c1cccs1.Cl. The average Bonchev–Trinajstić information content (AvgIpc) is 3.21. The molecule has 1 N–H and O–H groups in total. The highest BCUT2D eigenvalue weighted by atomic mass is 35.5. The minimum Gasteiger partial charge on any atom is -0.379 e. The Bertz CT molecular complexity index is 677.